The van der Waals surface area contributed by atoms with Gasteiger partial charge in [0.1, 0.15) is 6.29 Å². The summed E-state index contributed by atoms with van der Waals surface area (Å²) in [5, 5.41) is 5.28. The molecule has 2 amide bonds. The SMILES string of the molecule is O=Cc1cc(NC(=O)CI)cc(NC(=O)CI)c1. The summed E-state index contributed by atoms with van der Waals surface area (Å²) in [6.07, 6.45) is 0.666. The first kappa shape index (κ1) is 15.3. The van der Waals surface area contributed by atoms with Crippen LogP contribution < -0.4 is 10.6 Å². The molecule has 0 heterocycles. The van der Waals surface area contributed by atoms with Gasteiger partial charge in [-0.2, -0.15) is 0 Å². The average molecular weight is 472 g/mol. The van der Waals surface area contributed by atoms with E-state index in [1.54, 1.807) is 18.2 Å². The maximum atomic E-state index is 11.3. The summed E-state index contributed by atoms with van der Waals surface area (Å²) in [4.78, 5) is 33.3. The Bertz CT molecular complexity index is 441. The van der Waals surface area contributed by atoms with Crippen LogP contribution in [0.15, 0.2) is 18.2 Å². The van der Waals surface area contributed by atoms with Crippen molar-refractivity contribution in [3.8, 4) is 0 Å². The van der Waals surface area contributed by atoms with Crippen molar-refractivity contribution in [2.75, 3.05) is 19.5 Å². The number of anilines is 2. The minimum atomic E-state index is -0.162. The number of alkyl halides is 2. The number of nitrogens with one attached hydrogen (secondary N) is 2. The van der Waals surface area contributed by atoms with Crippen molar-refractivity contribution in [2.45, 2.75) is 0 Å². The molecule has 1 aromatic carbocycles. The first-order valence-corrected chi connectivity index (χ1v) is 7.96. The molecule has 0 aromatic heterocycles. The molecule has 1 rings (SSSR count). The first-order chi connectivity index (χ1) is 8.58. The van der Waals surface area contributed by atoms with E-state index in [9.17, 15) is 14.4 Å². The molecule has 5 nitrogen and oxygen atoms in total. The molecular formula is C11H10I2N2O3. The third-order valence-electron chi connectivity index (χ3n) is 1.90. The first-order valence-electron chi connectivity index (χ1n) is 4.91. The zero-order chi connectivity index (χ0) is 13.5. The summed E-state index contributed by atoms with van der Waals surface area (Å²) in [7, 11) is 0. The minimum Gasteiger partial charge on any atom is -0.325 e. The van der Waals surface area contributed by atoms with Gasteiger partial charge in [0.15, 0.2) is 0 Å². The van der Waals surface area contributed by atoms with Crippen molar-refractivity contribution in [1.29, 1.82) is 0 Å². The lowest BCUT2D eigenvalue weighted by molar-refractivity contribution is -0.114. The fraction of sp³-hybridized carbons (Fsp3) is 0.182. The van der Waals surface area contributed by atoms with Crippen molar-refractivity contribution in [3.05, 3.63) is 23.8 Å². The molecule has 1 aromatic rings. The fourth-order valence-corrected chi connectivity index (χ4v) is 1.63. The van der Waals surface area contributed by atoms with Crippen LogP contribution in [0, 0.1) is 0 Å². The molecule has 0 atom stereocenters. The van der Waals surface area contributed by atoms with Crippen LogP contribution in [0.4, 0.5) is 11.4 Å². The van der Waals surface area contributed by atoms with Crippen LogP contribution in [-0.2, 0) is 9.59 Å². The van der Waals surface area contributed by atoms with Crippen LogP contribution in [-0.4, -0.2) is 27.0 Å². The van der Waals surface area contributed by atoms with Crippen LogP contribution in [0.5, 0.6) is 0 Å². The Labute approximate surface area is 131 Å². The van der Waals surface area contributed by atoms with Crippen molar-refractivity contribution >= 4 is 74.7 Å². The van der Waals surface area contributed by atoms with E-state index in [0.29, 0.717) is 32.1 Å². The van der Waals surface area contributed by atoms with Gasteiger partial charge in [-0.3, -0.25) is 14.4 Å². The van der Waals surface area contributed by atoms with Crippen LogP contribution >= 0.6 is 45.2 Å². The number of aldehydes is 1. The highest BCUT2D eigenvalue weighted by Crippen LogP contribution is 2.18. The van der Waals surface area contributed by atoms with Gasteiger partial charge in [0.2, 0.25) is 11.8 Å². The largest absolute Gasteiger partial charge is 0.325 e. The second kappa shape index (κ2) is 7.67. The zero-order valence-electron chi connectivity index (χ0n) is 9.20. The second-order valence-electron chi connectivity index (χ2n) is 3.33. The van der Waals surface area contributed by atoms with Crippen molar-refractivity contribution < 1.29 is 14.4 Å². The maximum Gasteiger partial charge on any atom is 0.234 e. The van der Waals surface area contributed by atoms with Crippen molar-refractivity contribution in [2.24, 2.45) is 0 Å². The molecular weight excluding hydrogens is 462 g/mol. The normalized spacial score (nSPS) is 9.67. The molecule has 0 aliphatic heterocycles. The average Bonchev–Trinajstić information content (AvgIpc) is 2.37. The fourth-order valence-electron chi connectivity index (χ4n) is 1.25. The third-order valence-corrected chi connectivity index (χ3v) is 3.29. The third kappa shape index (κ3) is 4.88. The number of rotatable bonds is 5. The molecule has 0 saturated heterocycles. The van der Waals surface area contributed by atoms with Gasteiger partial charge in [-0.05, 0) is 18.2 Å². The molecule has 0 bridgehead atoms. The van der Waals surface area contributed by atoms with Gasteiger partial charge in [0.25, 0.3) is 0 Å². The predicted molar refractivity (Wildman–Crippen MR) is 86.9 cm³/mol. The van der Waals surface area contributed by atoms with Gasteiger partial charge in [0, 0.05) is 16.9 Å². The van der Waals surface area contributed by atoms with E-state index in [-0.39, 0.29) is 11.8 Å². The number of carbonyl (C=O) groups is 3. The van der Waals surface area contributed by atoms with Gasteiger partial charge >= 0.3 is 0 Å². The van der Waals surface area contributed by atoms with E-state index in [1.165, 1.54) is 0 Å². The van der Waals surface area contributed by atoms with Crippen molar-refractivity contribution in [1.82, 2.24) is 0 Å². The Morgan fingerprint density at radius 1 is 1.00 bits per heavy atom. The van der Waals surface area contributed by atoms with E-state index < -0.39 is 0 Å². The number of halogens is 2. The van der Waals surface area contributed by atoms with E-state index in [1.807, 2.05) is 45.2 Å². The van der Waals surface area contributed by atoms with E-state index in [4.69, 9.17) is 0 Å². The van der Waals surface area contributed by atoms with E-state index in [2.05, 4.69) is 10.6 Å². The van der Waals surface area contributed by atoms with Crippen LogP contribution in [0.1, 0.15) is 10.4 Å². The van der Waals surface area contributed by atoms with E-state index >= 15 is 0 Å². The maximum absolute atomic E-state index is 11.3. The topological polar surface area (TPSA) is 75.3 Å². The zero-order valence-corrected chi connectivity index (χ0v) is 13.5. The smallest absolute Gasteiger partial charge is 0.234 e. The monoisotopic (exact) mass is 472 g/mol. The van der Waals surface area contributed by atoms with Gasteiger partial charge in [-0.1, -0.05) is 45.2 Å². The lowest BCUT2D eigenvalue weighted by Gasteiger charge is -2.08. The Kier molecular flexibility index (Phi) is 6.54. The molecule has 0 aliphatic rings. The summed E-state index contributed by atoms with van der Waals surface area (Å²) >= 11 is 3.88. The molecule has 0 aliphatic carbocycles. The number of amides is 2. The van der Waals surface area contributed by atoms with Crippen LogP contribution in [0.25, 0.3) is 0 Å². The molecule has 96 valence electrons. The summed E-state index contributed by atoms with van der Waals surface area (Å²) in [6, 6.07) is 4.72. The lowest BCUT2D eigenvalue weighted by Crippen LogP contribution is -2.15. The molecule has 2 N–H and O–H groups in total. The predicted octanol–water partition coefficient (Wildman–Crippen LogP) is 2.25. The van der Waals surface area contributed by atoms with Gasteiger partial charge in [-0.15, -0.1) is 0 Å². The standard InChI is InChI=1S/C11H10I2N2O3/c12-4-10(17)14-8-1-7(6-16)2-9(3-8)15-11(18)5-13/h1-3,6H,4-5H2,(H,14,17)(H,15,18). The highest BCUT2D eigenvalue weighted by atomic mass is 127. The summed E-state index contributed by atoms with van der Waals surface area (Å²) < 4.78 is 0.636. The second-order valence-corrected chi connectivity index (χ2v) is 4.85. The highest BCUT2D eigenvalue weighted by Gasteiger charge is 2.06. The Hall–Kier alpha value is -0.710. The number of carbonyl (C=O) groups excluding carboxylic acids is 3. The Morgan fingerprint density at radius 2 is 1.44 bits per heavy atom. The van der Waals surface area contributed by atoms with E-state index in [0.717, 1.165) is 0 Å². The quantitative estimate of drug-likeness (QED) is 0.393. The molecule has 7 heteroatoms. The van der Waals surface area contributed by atoms with Gasteiger partial charge in [0.05, 0.1) is 8.86 Å². The summed E-state index contributed by atoms with van der Waals surface area (Å²) in [5.74, 6) is -0.324. The Morgan fingerprint density at radius 3 is 1.78 bits per heavy atom. The number of hydrogen-bond acceptors (Lipinski definition) is 3. The number of hydrogen-bond donors (Lipinski definition) is 2. The van der Waals surface area contributed by atoms with Gasteiger partial charge < -0.3 is 10.6 Å². The number of benzene rings is 1. The van der Waals surface area contributed by atoms with Crippen LogP contribution in [0.2, 0.25) is 0 Å². The molecule has 0 spiro atoms. The molecule has 0 radical (unpaired) electrons. The summed E-state index contributed by atoms with van der Waals surface area (Å²) in [6.45, 7) is 0. The van der Waals surface area contributed by atoms with Gasteiger partial charge in [-0.25, -0.2) is 0 Å². The van der Waals surface area contributed by atoms with Crippen LogP contribution in [0.3, 0.4) is 0 Å². The summed E-state index contributed by atoms with van der Waals surface area (Å²) in [5.41, 5.74) is 1.38. The van der Waals surface area contributed by atoms with Crippen molar-refractivity contribution in [3.63, 3.8) is 0 Å². The lowest BCUT2D eigenvalue weighted by atomic mass is 10.2. The minimum absolute atomic E-state index is 0.162. The molecule has 0 fully saturated rings. The molecule has 0 saturated carbocycles. The highest BCUT2D eigenvalue weighted by molar-refractivity contribution is 14.1. The molecule has 18 heavy (non-hydrogen) atoms. The molecule has 0 unspecified atom stereocenters. The Balaban J connectivity index is 2.97.